The largest absolute Gasteiger partial charge is 0.442 e. The van der Waals surface area contributed by atoms with Crippen LogP contribution in [0, 0.1) is 0 Å². The molecule has 1 aliphatic carbocycles. The molecule has 1 amide bonds. The molecule has 2 fully saturated rings. The number of carbonyl (C=O) groups is 1. The molecule has 0 aromatic carbocycles. The van der Waals surface area contributed by atoms with Gasteiger partial charge >= 0.3 is 6.09 Å². The fraction of sp³-hybridized carbons (Fsp3) is 0.842. The van der Waals surface area contributed by atoms with Crippen molar-refractivity contribution in [2.45, 2.75) is 83.1 Å². The van der Waals surface area contributed by atoms with Crippen LogP contribution in [-0.2, 0) is 14.2 Å². The highest BCUT2D eigenvalue weighted by Crippen LogP contribution is 2.44. The maximum atomic E-state index is 13.0. The predicted octanol–water partition coefficient (Wildman–Crippen LogP) is 4.27. The van der Waals surface area contributed by atoms with E-state index >= 15 is 0 Å². The van der Waals surface area contributed by atoms with Crippen molar-refractivity contribution in [1.82, 2.24) is 4.90 Å². The Morgan fingerprint density at radius 1 is 1.29 bits per heavy atom. The molecular formula is C19H33NO4. The second kappa shape index (κ2) is 7.87. The summed E-state index contributed by atoms with van der Waals surface area (Å²) in [5.74, 6) is 0. The number of carbonyl (C=O) groups excluding carboxylic acids is 1. The summed E-state index contributed by atoms with van der Waals surface area (Å²) in [5.41, 5.74) is 0.0426. The monoisotopic (exact) mass is 339 g/mol. The van der Waals surface area contributed by atoms with Gasteiger partial charge in [-0.3, -0.25) is 4.90 Å². The average molecular weight is 339 g/mol. The van der Waals surface area contributed by atoms with Gasteiger partial charge in [-0.1, -0.05) is 13.0 Å². The van der Waals surface area contributed by atoms with Crippen LogP contribution in [0.15, 0.2) is 12.2 Å². The predicted molar refractivity (Wildman–Crippen MR) is 93.9 cm³/mol. The van der Waals surface area contributed by atoms with Crippen molar-refractivity contribution in [3.8, 4) is 0 Å². The summed E-state index contributed by atoms with van der Waals surface area (Å²) in [6.07, 6.45) is 6.22. The fourth-order valence-electron chi connectivity index (χ4n) is 3.87. The third-order valence-electron chi connectivity index (χ3n) is 5.13. The summed E-state index contributed by atoms with van der Waals surface area (Å²) in [7, 11) is 1.68. The minimum absolute atomic E-state index is 0.273. The molecular weight excluding hydrogens is 306 g/mol. The van der Waals surface area contributed by atoms with Crippen molar-refractivity contribution in [2.24, 2.45) is 0 Å². The van der Waals surface area contributed by atoms with E-state index < -0.39 is 5.72 Å². The second-order valence-electron chi connectivity index (χ2n) is 7.80. The molecule has 2 rings (SSSR count). The Labute approximate surface area is 146 Å². The van der Waals surface area contributed by atoms with Crippen molar-refractivity contribution < 1.29 is 19.0 Å². The first-order valence-electron chi connectivity index (χ1n) is 9.12. The molecule has 0 radical (unpaired) electrons. The third-order valence-corrected chi connectivity index (χ3v) is 5.13. The number of rotatable bonds is 6. The first kappa shape index (κ1) is 19.3. The molecule has 138 valence electrons. The van der Waals surface area contributed by atoms with Gasteiger partial charge in [0.1, 0.15) is 11.8 Å². The van der Waals surface area contributed by atoms with E-state index in [1.54, 1.807) is 7.11 Å². The lowest BCUT2D eigenvalue weighted by atomic mass is 9.89. The molecule has 0 aromatic heterocycles. The van der Waals surface area contributed by atoms with Crippen LogP contribution >= 0.6 is 0 Å². The summed E-state index contributed by atoms with van der Waals surface area (Å²) < 4.78 is 17.1. The van der Waals surface area contributed by atoms with E-state index in [1.165, 1.54) is 6.42 Å². The average Bonchev–Trinajstić information content (AvgIpc) is 2.78. The minimum Gasteiger partial charge on any atom is -0.442 e. The van der Waals surface area contributed by atoms with E-state index in [9.17, 15) is 4.79 Å². The fourth-order valence-corrected chi connectivity index (χ4v) is 3.87. The summed E-state index contributed by atoms with van der Waals surface area (Å²) >= 11 is 0. The van der Waals surface area contributed by atoms with E-state index in [4.69, 9.17) is 14.2 Å². The highest BCUT2D eigenvalue weighted by molar-refractivity contribution is 5.70. The van der Waals surface area contributed by atoms with Crippen molar-refractivity contribution in [3.63, 3.8) is 0 Å². The molecule has 5 heteroatoms. The van der Waals surface area contributed by atoms with Crippen LogP contribution in [0.25, 0.3) is 0 Å². The summed E-state index contributed by atoms with van der Waals surface area (Å²) in [6.45, 7) is 11.2. The molecule has 1 heterocycles. The van der Waals surface area contributed by atoms with Crippen LogP contribution in [0.2, 0.25) is 0 Å². The Hall–Kier alpha value is -1.07. The molecule has 1 atom stereocenters. The summed E-state index contributed by atoms with van der Waals surface area (Å²) in [6, 6.07) is 0. The Morgan fingerprint density at radius 3 is 2.54 bits per heavy atom. The first-order valence-corrected chi connectivity index (χ1v) is 9.12. The molecule has 1 saturated heterocycles. The number of amides is 1. The molecule has 1 saturated carbocycles. The SMILES string of the molecule is C=C(C)[C@@H](CCCOC)OC(=O)N1C(C)(C)COC12CCCCC2. The number of nitrogens with zero attached hydrogens (tertiary/aromatic N) is 1. The van der Waals surface area contributed by atoms with Crippen molar-refractivity contribution in [3.05, 3.63) is 12.2 Å². The highest BCUT2D eigenvalue weighted by Gasteiger charge is 2.55. The zero-order valence-electron chi connectivity index (χ0n) is 15.7. The van der Waals surface area contributed by atoms with Gasteiger partial charge in [-0.2, -0.15) is 0 Å². The van der Waals surface area contributed by atoms with Gasteiger partial charge in [-0.15, -0.1) is 0 Å². The normalized spacial score (nSPS) is 23.2. The van der Waals surface area contributed by atoms with Gasteiger partial charge in [0.25, 0.3) is 0 Å². The van der Waals surface area contributed by atoms with Gasteiger partial charge < -0.3 is 14.2 Å². The number of methoxy groups -OCH3 is 1. The maximum Gasteiger partial charge on any atom is 0.413 e. The molecule has 2 aliphatic rings. The van der Waals surface area contributed by atoms with E-state index in [1.807, 2.05) is 11.8 Å². The quantitative estimate of drug-likeness (QED) is 0.536. The topological polar surface area (TPSA) is 48.0 Å². The van der Waals surface area contributed by atoms with Crippen molar-refractivity contribution in [2.75, 3.05) is 20.3 Å². The Balaban J connectivity index is 2.10. The lowest BCUT2D eigenvalue weighted by molar-refractivity contribution is -0.106. The Bertz CT molecular complexity index is 454. The van der Waals surface area contributed by atoms with Crippen LogP contribution in [0.1, 0.15) is 65.7 Å². The van der Waals surface area contributed by atoms with Crippen molar-refractivity contribution >= 4 is 6.09 Å². The third kappa shape index (κ3) is 4.12. The summed E-state index contributed by atoms with van der Waals surface area (Å²) in [5, 5.41) is 0. The van der Waals surface area contributed by atoms with Crippen LogP contribution in [0.4, 0.5) is 4.79 Å². The van der Waals surface area contributed by atoms with Gasteiger partial charge in [0, 0.05) is 13.7 Å². The zero-order valence-corrected chi connectivity index (χ0v) is 15.7. The van der Waals surface area contributed by atoms with Gasteiger partial charge in [-0.25, -0.2) is 4.79 Å². The highest BCUT2D eigenvalue weighted by atomic mass is 16.6. The summed E-state index contributed by atoms with van der Waals surface area (Å²) in [4.78, 5) is 14.9. The van der Waals surface area contributed by atoms with Gasteiger partial charge in [-0.05, 0) is 64.9 Å². The lowest BCUT2D eigenvalue weighted by Crippen LogP contribution is -2.56. The Kier molecular flexibility index (Phi) is 6.32. The molecule has 0 bridgehead atoms. The molecule has 0 unspecified atom stereocenters. The second-order valence-corrected chi connectivity index (χ2v) is 7.80. The lowest BCUT2D eigenvalue weighted by Gasteiger charge is -2.43. The molecule has 1 spiro atoms. The van der Waals surface area contributed by atoms with E-state index in [0.717, 1.165) is 44.1 Å². The number of hydrogen-bond donors (Lipinski definition) is 0. The van der Waals surface area contributed by atoms with Crippen LogP contribution in [-0.4, -0.2) is 48.7 Å². The van der Waals surface area contributed by atoms with Gasteiger partial charge in [0.05, 0.1) is 12.1 Å². The molecule has 0 N–H and O–H groups in total. The Morgan fingerprint density at radius 2 is 1.96 bits per heavy atom. The number of ether oxygens (including phenoxy) is 3. The molecule has 24 heavy (non-hydrogen) atoms. The van der Waals surface area contributed by atoms with E-state index in [2.05, 4.69) is 20.4 Å². The number of hydrogen-bond acceptors (Lipinski definition) is 4. The minimum atomic E-state index is -0.481. The van der Waals surface area contributed by atoms with Gasteiger partial charge in [0.15, 0.2) is 0 Å². The van der Waals surface area contributed by atoms with Gasteiger partial charge in [0.2, 0.25) is 0 Å². The van der Waals surface area contributed by atoms with Crippen molar-refractivity contribution in [1.29, 1.82) is 0 Å². The maximum absolute atomic E-state index is 13.0. The first-order chi connectivity index (χ1) is 11.3. The van der Waals surface area contributed by atoms with Crippen LogP contribution in [0.5, 0.6) is 0 Å². The van der Waals surface area contributed by atoms with Crippen LogP contribution < -0.4 is 0 Å². The molecule has 0 aromatic rings. The van der Waals surface area contributed by atoms with Crippen LogP contribution in [0.3, 0.4) is 0 Å². The smallest absolute Gasteiger partial charge is 0.413 e. The molecule has 5 nitrogen and oxygen atoms in total. The zero-order chi connectivity index (χ0) is 17.8. The standard InChI is InChI=1S/C19H33NO4/c1-15(2)16(10-9-13-22-5)24-17(21)20-18(3,4)14-23-19(20)11-7-6-8-12-19/h16H,1,6-14H2,2-5H3/t16-/m1/s1. The van der Waals surface area contributed by atoms with E-state index in [-0.39, 0.29) is 17.7 Å². The van der Waals surface area contributed by atoms with E-state index in [0.29, 0.717) is 13.2 Å². The molecule has 1 aliphatic heterocycles.